The smallest absolute Gasteiger partial charge is 0.358 e. The number of hydrogen-bond donors (Lipinski definition) is 2. The summed E-state index contributed by atoms with van der Waals surface area (Å²) < 4.78 is 5.78. The maximum absolute atomic E-state index is 11.3. The van der Waals surface area contributed by atoms with Gasteiger partial charge in [0.25, 0.3) is 0 Å². The minimum Gasteiger partial charge on any atom is -0.481 e. The number of carbonyl (C=O) groups excluding carboxylic acids is 1. The molecule has 1 aromatic heterocycles. The van der Waals surface area contributed by atoms with Gasteiger partial charge in [0.05, 0.1) is 19.6 Å². The van der Waals surface area contributed by atoms with Gasteiger partial charge in [0.1, 0.15) is 0 Å². The fourth-order valence-electron chi connectivity index (χ4n) is 1.28. The quantitative estimate of drug-likeness (QED) is 0.687. The molecule has 16 heavy (non-hydrogen) atoms. The van der Waals surface area contributed by atoms with Crippen LogP contribution in [0.3, 0.4) is 0 Å². The SMILES string of the molecule is COC(=O)c1nn(C)cc1C(O)CC(=O)O. The molecule has 7 nitrogen and oxygen atoms in total. The van der Waals surface area contributed by atoms with E-state index in [2.05, 4.69) is 9.84 Å². The van der Waals surface area contributed by atoms with Crippen LogP contribution in [0.4, 0.5) is 0 Å². The van der Waals surface area contributed by atoms with Crippen LogP contribution in [-0.2, 0) is 16.6 Å². The van der Waals surface area contributed by atoms with Crippen LogP contribution in [0.1, 0.15) is 28.6 Å². The van der Waals surface area contributed by atoms with Crippen LogP contribution in [0.25, 0.3) is 0 Å². The van der Waals surface area contributed by atoms with E-state index >= 15 is 0 Å². The van der Waals surface area contributed by atoms with Crippen LogP contribution < -0.4 is 0 Å². The molecule has 0 amide bonds. The molecule has 0 aromatic carbocycles. The first-order chi connectivity index (χ1) is 7.45. The average molecular weight is 228 g/mol. The molecule has 1 heterocycles. The molecule has 88 valence electrons. The number of nitrogens with zero attached hydrogens (tertiary/aromatic N) is 2. The van der Waals surface area contributed by atoms with Gasteiger partial charge in [-0.2, -0.15) is 5.10 Å². The van der Waals surface area contributed by atoms with Crippen molar-refractivity contribution < 1.29 is 24.5 Å². The highest BCUT2D eigenvalue weighted by Gasteiger charge is 2.23. The number of carbonyl (C=O) groups is 2. The van der Waals surface area contributed by atoms with Crippen LogP contribution in [0, 0.1) is 0 Å². The number of methoxy groups -OCH3 is 1. The van der Waals surface area contributed by atoms with E-state index in [4.69, 9.17) is 5.11 Å². The van der Waals surface area contributed by atoms with Crippen LogP contribution in [0.5, 0.6) is 0 Å². The maximum Gasteiger partial charge on any atom is 0.358 e. The van der Waals surface area contributed by atoms with Gasteiger partial charge in [-0.05, 0) is 0 Å². The number of aliphatic hydroxyl groups is 1. The minimum absolute atomic E-state index is 0.0706. The van der Waals surface area contributed by atoms with Gasteiger partial charge in [-0.3, -0.25) is 9.48 Å². The Hall–Kier alpha value is -1.89. The molecular weight excluding hydrogens is 216 g/mol. The van der Waals surface area contributed by atoms with Crippen molar-refractivity contribution in [1.29, 1.82) is 0 Å². The summed E-state index contributed by atoms with van der Waals surface area (Å²) in [4.78, 5) is 21.7. The molecule has 0 saturated carbocycles. The largest absolute Gasteiger partial charge is 0.481 e. The van der Waals surface area contributed by atoms with Crippen molar-refractivity contribution in [3.05, 3.63) is 17.5 Å². The van der Waals surface area contributed by atoms with Gasteiger partial charge >= 0.3 is 11.9 Å². The topological polar surface area (TPSA) is 102 Å². The lowest BCUT2D eigenvalue weighted by Crippen LogP contribution is -2.11. The predicted octanol–water partition coefficient (Wildman–Crippen LogP) is -0.285. The lowest BCUT2D eigenvalue weighted by molar-refractivity contribution is -0.139. The number of aromatic nitrogens is 2. The summed E-state index contributed by atoms with van der Waals surface area (Å²) in [5, 5.41) is 21.9. The van der Waals surface area contributed by atoms with E-state index < -0.39 is 24.5 Å². The third-order valence-corrected chi connectivity index (χ3v) is 1.96. The highest BCUT2D eigenvalue weighted by atomic mass is 16.5. The van der Waals surface area contributed by atoms with Gasteiger partial charge in [-0.25, -0.2) is 4.79 Å². The molecular formula is C9H12N2O5. The number of carboxylic acid groups (broad SMARTS) is 1. The summed E-state index contributed by atoms with van der Waals surface area (Å²) in [6.07, 6.45) is -0.379. The van der Waals surface area contributed by atoms with E-state index in [-0.39, 0.29) is 11.3 Å². The molecule has 0 spiro atoms. The monoisotopic (exact) mass is 228 g/mol. The first-order valence-electron chi connectivity index (χ1n) is 4.47. The Bertz CT molecular complexity index is 412. The van der Waals surface area contributed by atoms with Gasteiger partial charge in [-0.15, -0.1) is 0 Å². The number of carboxylic acids is 1. The van der Waals surface area contributed by atoms with Crippen molar-refractivity contribution in [2.45, 2.75) is 12.5 Å². The Kier molecular flexibility index (Phi) is 3.62. The first-order valence-corrected chi connectivity index (χ1v) is 4.47. The van der Waals surface area contributed by atoms with Gasteiger partial charge in [0.15, 0.2) is 5.69 Å². The molecule has 0 saturated heterocycles. The molecule has 0 aliphatic heterocycles. The van der Waals surface area contributed by atoms with E-state index in [0.717, 1.165) is 0 Å². The molecule has 0 bridgehead atoms. The molecule has 1 atom stereocenters. The zero-order valence-corrected chi connectivity index (χ0v) is 8.88. The molecule has 1 aromatic rings. The number of hydrogen-bond acceptors (Lipinski definition) is 5. The normalized spacial score (nSPS) is 12.2. The van der Waals surface area contributed by atoms with Gasteiger partial charge in [0, 0.05) is 18.8 Å². The molecule has 1 rings (SSSR count). The second-order valence-corrected chi connectivity index (χ2v) is 3.21. The molecule has 7 heteroatoms. The van der Waals surface area contributed by atoms with E-state index in [9.17, 15) is 14.7 Å². The lowest BCUT2D eigenvalue weighted by atomic mass is 10.1. The Balaban J connectivity index is 3.02. The van der Waals surface area contributed by atoms with Crippen LogP contribution >= 0.6 is 0 Å². The summed E-state index contributed by atoms with van der Waals surface area (Å²) >= 11 is 0. The fourth-order valence-corrected chi connectivity index (χ4v) is 1.28. The Labute approximate surface area is 91.3 Å². The molecule has 0 radical (unpaired) electrons. The maximum atomic E-state index is 11.3. The average Bonchev–Trinajstić information content (AvgIpc) is 2.58. The molecule has 0 aliphatic carbocycles. The van der Waals surface area contributed by atoms with Crippen molar-refractivity contribution in [1.82, 2.24) is 9.78 Å². The van der Waals surface area contributed by atoms with Gasteiger partial charge in [-0.1, -0.05) is 0 Å². The van der Waals surface area contributed by atoms with Gasteiger partial charge < -0.3 is 14.9 Å². The second-order valence-electron chi connectivity index (χ2n) is 3.21. The highest BCUT2D eigenvalue weighted by molar-refractivity contribution is 5.89. The van der Waals surface area contributed by atoms with E-state index in [1.54, 1.807) is 7.05 Å². The van der Waals surface area contributed by atoms with Crippen LogP contribution in [0.2, 0.25) is 0 Å². The third kappa shape index (κ3) is 2.57. The second kappa shape index (κ2) is 4.75. The van der Waals surface area contributed by atoms with Crippen LogP contribution in [-0.4, -0.2) is 39.0 Å². The van der Waals surface area contributed by atoms with E-state index in [0.29, 0.717) is 0 Å². The number of ether oxygens (including phenoxy) is 1. The number of aliphatic hydroxyl groups excluding tert-OH is 1. The zero-order chi connectivity index (χ0) is 12.3. The summed E-state index contributed by atoms with van der Waals surface area (Å²) in [6, 6.07) is 0. The van der Waals surface area contributed by atoms with Crippen LogP contribution in [0.15, 0.2) is 6.20 Å². The van der Waals surface area contributed by atoms with Crippen molar-refractivity contribution in [3.8, 4) is 0 Å². The highest BCUT2D eigenvalue weighted by Crippen LogP contribution is 2.20. The Morgan fingerprint density at radius 3 is 2.75 bits per heavy atom. The molecule has 1 unspecified atom stereocenters. The van der Waals surface area contributed by atoms with E-state index in [1.165, 1.54) is 18.0 Å². The third-order valence-electron chi connectivity index (χ3n) is 1.96. The molecule has 2 N–H and O–H groups in total. The van der Waals surface area contributed by atoms with Gasteiger partial charge in [0.2, 0.25) is 0 Å². The predicted molar refractivity (Wildman–Crippen MR) is 51.8 cm³/mol. The lowest BCUT2D eigenvalue weighted by Gasteiger charge is -2.06. The zero-order valence-electron chi connectivity index (χ0n) is 8.88. The molecule has 0 aliphatic rings. The van der Waals surface area contributed by atoms with Crippen molar-refractivity contribution in [2.24, 2.45) is 7.05 Å². The number of aryl methyl sites for hydroxylation is 1. The van der Waals surface area contributed by atoms with Crippen molar-refractivity contribution in [3.63, 3.8) is 0 Å². The fraction of sp³-hybridized carbons (Fsp3) is 0.444. The molecule has 0 fully saturated rings. The summed E-state index contributed by atoms with van der Waals surface area (Å²) in [7, 11) is 2.74. The first kappa shape index (κ1) is 12.2. The van der Waals surface area contributed by atoms with E-state index in [1.807, 2.05) is 0 Å². The number of aliphatic carboxylic acids is 1. The minimum atomic E-state index is -1.28. The van der Waals surface area contributed by atoms with Crippen molar-refractivity contribution in [2.75, 3.05) is 7.11 Å². The number of esters is 1. The Morgan fingerprint density at radius 2 is 2.25 bits per heavy atom. The number of rotatable bonds is 4. The summed E-state index contributed by atoms with van der Waals surface area (Å²) in [5.41, 5.74) is 0.0792. The van der Waals surface area contributed by atoms with Crippen molar-refractivity contribution >= 4 is 11.9 Å². The standard InChI is InChI=1S/C9H12N2O5/c1-11-4-5(6(12)3-7(13)14)8(10-11)9(15)16-2/h4,6,12H,3H2,1-2H3,(H,13,14). The summed E-state index contributed by atoms with van der Waals surface area (Å²) in [6.45, 7) is 0. The summed E-state index contributed by atoms with van der Waals surface area (Å²) in [5.74, 6) is -1.87. The Morgan fingerprint density at radius 1 is 1.62 bits per heavy atom.